The fourth-order valence-corrected chi connectivity index (χ4v) is 3.76. The lowest BCUT2D eigenvalue weighted by molar-refractivity contribution is -0.148. The van der Waals surface area contributed by atoms with Gasteiger partial charge in [0.2, 0.25) is 5.91 Å². The summed E-state index contributed by atoms with van der Waals surface area (Å²) in [5, 5.41) is 2.80. The van der Waals surface area contributed by atoms with Gasteiger partial charge in [0.05, 0.1) is 13.2 Å². The fourth-order valence-electron chi connectivity index (χ4n) is 2.66. The predicted octanol–water partition coefficient (Wildman–Crippen LogP) is 1.31. The molecule has 1 atom stereocenters. The Morgan fingerprint density at radius 2 is 2.12 bits per heavy atom. The number of carbonyl (C=O) groups excluding carboxylic acids is 3. The third-order valence-corrected chi connectivity index (χ3v) is 4.97. The van der Waals surface area contributed by atoms with Crippen LogP contribution < -0.4 is 5.32 Å². The Morgan fingerprint density at radius 3 is 2.81 bits per heavy atom. The van der Waals surface area contributed by atoms with Crippen molar-refractivity contribution in [3.8, 4) is 0 Å². The van der Waals surface area contributed by atoms with Gasteiger partial charge in [-0.3, -0.25) is 19.3 Å². The average Bonchev–Trinajstić information content (AvgIpc) is 2.61. The van der Waals surface area contributed by atoms with Gasteiger partial charge in [-0.2, -0.15) is 11.8 Å². The van der Waals surface area contributed by atoms with Crippen LogP contribution in [0.3, 0.4) is 0 Å². The highest BCUT2D eigenvalue weighted by atomic mass is 32.2. The number of anilines is 1. The summed E-state index contributed by atoms with van der Waals surface area (Å²) in [5.74, 6) is 0.859. The maximum absolute atomic E-state index is 12.4. The van der Waals surface area contributed by atoms with E-state index in [1.807, 2.05) is 4.90 Å². The van der Waals surface area contributed by atoms with E-state index in [4.69, 9.17) is 4.74 Å². The number of amides is 2. The van der Waals surface area contributed by atoms with Crippen LogP contribution in [0, 0.1) is 0 Å². The minimum absolute atomic E-state index is 0.107. The average molecular weight is 379 g/mol. The number of benzene rings is 1. The molecule has 1 saturated heterocycles. The van der Waals surface area contributed by atoms with E-state index >= 15 is 0 Å². The first-order valence-electron chi connectivity index (χ1n) is 8.52. The molecular formula is C18H25N3O4S. The molecule has 1 N–H and O–H groups in total. The SMILES string of the molecule is CCOC(=O)C1CSCCN1CC(=O)Nc1cccc(C(=O)N(C)C)c1. The molecule has 1 fully saturated rings. The standard InChI is InChI=1S/C18H25N3O4S/c1-4-25-18(24)15-12-26-9-8-21(15)11-16(22)19-14-7-5-6-13(10-14)17(23)20(2)3/h5-7,10,15H,4,8-9,11-12H2,1-3H3,(H,19,22). The second kappa shape index (κ2) is 9.59. The van der Waals surface area contributed by atoms with Crippen molar-refractivity contribution in [2.24, 2.45) is 0 Å². The second-order valence-electron chi connectivity index (χ2n) is 6.14. The lowest BCUT2D eigenvalue weighted by Crippen LogP contribution is -2.50. The molecule has 0 saturated carbocycles. The number of esters is 1. The van der Waals surface area contributed by atoms with Gasteiger partial charge in [0.15, 0.2) is 0 Å². The lowest BCUT2D eigenvalue weighted by atomic mass is 10.2. The van der Waals surface area contributed by atoms with E-state index in [-0.39, 0.29) is 24.3 Å². The molecule has 1 aliphatic heterocycles. The van der Waals surface area contributed by atoms with Crippen LogP contribution in [0.25, 0.3) is 0 Å². The molecule has 1 aromatic rings. The summed E-state index contributed by atoms with van der Waals surface area (Å²) in [7, 11) is 3.36. The molecule has 2 amide bonds. The molecule has 1 aliphatic rings. The van der Waals surface area contributed by atoms with Crippen LogP contribution in [0.5, 0.6) is 0 Å². The molecule has 26 heavy (non-hydrogen) atoms. The lowest BCUT2D eigenvalue weighted by Gasteiger charge is -2.32. The van der Waals surface area contributed by atoms with Crippen molar-refractivity contribution in [2.75, 3.05) is 50.6 Å². The minimum Gasteiger partial charge on any atom is -0.465 e. The molecule has 0 aromatic heterocycles. The highest BCUT2D eigenvalue weighted by molar-refractivity contribution is 7.99. The summed E-state index contributed by atoms with van der Waals surface area (Å²) < 4.78 is 5.11. The maximum Gasteiger partial charge on any atom is 0.324 e. The van der Waals surface area contributed by atoms with Gasteiger partial charge in [0, 0.05) is 43.4 Å². The second-order valence-corrected chi connectivity index (χ2v) is 7.29. The Bertz CT molecular complexity index is 666. The number of nitrogens with one attached hydrogen (secondary N) is 1. The van der Waals surface area contributed by atoms with Crippen molar-refractivity contribution in [1.29, 1.82) is 0 Å². The Balaban J connectivity index is 2.00. The van der Waals surface area contributed by atoms with Crippen molar-refractivity contribution < 1.29 is 19.1 Å². The normalized spacial score (nSPS) is 17.4. The molecule has 0 radical (unpaired) electrons. The monoisotopic (exact) mass is 379 g/mol. The Labute approximate surface area is 158 Å². The fraction of sp³-hybridized carbons (Fsp3) is 0.500. The molecule has 0 spiro atoms. The van der Waals surface area contributed by atoms with Crippen molar-refractivity contribution >= 4 is 35.2 Å². The third kappa shape index (κ3) is 5.47. The van der Waals surface area contributed by atoms with Gasteiger partial charge >= 0.3 is 5.97 Å². The molecule has 1 heterocycles. The number of hydrogen-bond donors (Lipinski definition) is 1. The van der Waals surface area contributed by atoms with E-state index in [1.165, 1.54) is 4.90 Å². The maximum atomic E-state index is 12.4. The van der Waals surface area contributed by atoms with Crippen LogP contribution in [-0.4, -0.2) is 78.9 Å². The quantitative estimate of drug-likeness (QED) is 0.751. The Kier molecular flexibility index (Phi) is 7.47. The van der Waals surface area contributed by atoms with E-state index in [2.05, 4.69) is 5.32 Å². The van der Waals surface area contributed by atoms with Gasteiger partial charge in [0.1, 0.15) is 6.04 Å². The molecule has 0 aliphatic carbocycles. The molecule has 2 rings (SSSR count). The summed E-state index contributed by atoms with van der Waals surface area (Å²) >= 11 is 1.68. The van der Waals surface area contributed by atoms with Crippen molar-refractivity contribution in [2.45, 2.75) is 13.0 Å². The van der Waals surface area contributed by atoms with Gasteiger partial charge < -0.3 is 15.0 Å². The topological polar surface area (TPSA) is 79.0 Å². The smallest absolute Gasteiger partial charge is 0.324 e. The highest BCUT2D eigenvalue weighted by Gasteiger charge is 2.31. The molecule has 1 aromatic carbocycles. The van der Waals surface area contributed by atoms with Crippen LogP contribution >= 0.6 is 11.8 Å². The van der Waals surface area contributed by atoms with Crippen LogP contribution in [-0.2, 0) is 14.3 Å². The zero-order valence-electron chi connectivity index (χ0n) is 15.4. The third-order valence-electron chi connectivity index (χ3n) is 3.94. The van der Waals surface area contributed by atoms with E-state index in [0.717, 1.165) is 5.75 Å². The molecule has 1 unspecified atom stereocenters. The summed E-state index contributed by atoms with van der Waals surface area (Å²) in [4.78, 5) is 39.9. The van der Waals surface area contributed by atoms with Gasteiger partial charge in [-0.15, -0.1) is 0 Å². The predicted molar refractivity (Wildman–Crippen MR) is 102 cm³/mol. The largest absolute Gasteiger partial charge is 0.465 e. The number of thioether (sulfide) groups is 1. The first kappa shape index (κ1) is 20.3. The zero-order chi connectivity index (χ0) is 19.1. The molecule has 8 heteroatoms. The summed E-state index contributed by atoms with van der Waals surface area (Å²) in [6, 6.07) is 6.41. The van der Waals surface area contributed by atoms with Crippen LogP contribution in [0.2, 0.25) is 0 Å². The number of ether oxygens (including phenoxy) is 1. The zero-order valence-corrected chi connectivity index (χ0v) is 16.2. The molecular weight excluding hydrogens is 354 g/mol. The Hall–Kier alpha value is -2.06. The minimum atomic E-state index is -0.402. The summed E-state index contributed by atoms with van der Waals surface area (Å²) in [5.41, 5.74) is 1.06. The van der Waals surface area contributed by atoms with E-state index in [0.29, 0.717) is 30.2 Å². The van der Waals surface area contributed by atoms with Gasteiger partial charge in [-0.1, -0.05) is 6.07 Å². The first-order valence-corrected chi connectivity index (χ1v) is 9.67. The summed E-state index contributed by atoms with van der Waals surface area (Å²) in [6.45, 7) is 2.86. The van der Waals surface area contributed by atoms with E-state index in [1.54, 1.807) is 57.0 Å². The number of rotatable bonds is 6. The van der Waals surface area contributed by atoms with Crippen LogP contribution in [0.1, 0.15) is 17.3 Å². The van der Waals surface area contributed by atoms with E-state index in [9.17, 15) is 14.4 Å². The van der Waals surface area contributed by atoms with E-state index < -0.39 is 6.04 Å². The van der Waals surface area contributed by atoms with Gasteiger partial charge in [0.25, 0.3) is 5.91 Å². The van der Waals surface area contributed by atoms with Gasteiger partial charge in [-0.25, -0.2) is 0 Å². The van der Waals surface area contributed by atoms with Gasteiger partial charge in [-0.05, 0) is 25.1 Å². The van der Waals surface area contributed by atoms with Crippen molar-refractivity contribution in [3.05, 3.63) is 29.8 Å². The van der Waals surface area contributed by atoms with Crippen LogP contribution in [0.15, 0.2) is 24.3 Å². The molecule has 142 valence electrons. The van der Waals surface area contributed by atoms with Crippen LogP contribution in [0.4, 0.5) is 5.69 Å². The molecule has 0 bridgehead atoms. The van der Waals surface area contributed by atoms with Crippen molar-refractivity contribution in [1.82, 2.24) is 9.80 Å². The Morgan fingerprint density at radius 1 is 1.35 bits per heavy atom. The van der Waals surface area contributed by atoms with Crippen molar-refractivity contribution in [3.63, 3.8) is 0 Å². The number of nitrogens with zero attached hydrogens (tertiary/aromatic N) is 2. The summed E-state index contributed by atoms with van der Waals surface area (Å²) in [6.07, 6.45) is 0. The highest BCUT2D eigenvalue weighted by Crippen LogP contribution is 2.18. The molecule has 7 nitrogen and oxygen atoms in total. The number of carbonyl (C=O) groups is 3. The number of hydrogen-bond acceptors (Lipinski definition) is 6. The first-order chi connectivity index (χ1) is 12.4.